The Bertz CT molecular complexity index is 212. The standard InChI is InChI=1S/C12H26NO4Si/c1-5-11(18(16-3)17-4)9-7-6-8-10-13-12(14)15-2/h11H,5-10H2,1-4H3,(H,13,14). The van der Waals surface area contributed by atoms with Crippen LogP contribution in [0.5, 0.6) is 0 Å². The van der Waals surface area contributed by atoms with Crippen LogP contribution >= 0.6 is 0 Å². The molecule has 0 rings (SSSR count). The molecule has 5 nitrogen and oxygen atoms in total. The van der Waals surface area contributed by atoms with Crippen molar-refractivity contribution in [1.29, 1.82) is 0 Å². The molecule has 1 unspecified atom stereocenters. The summed E-state index contributed by atoms with van der Waals surface area (Å²) in [5, 5.41) is 2.68. The summed E-state index contributed by atoms with van der Waals surface area (Å²) in [4.78, 5) is 10.8. The largest absolute Gasteiger partial charge is 0.453 e. The number of ether oxygens (including phenoxy) is 1. The Morgan fingerprint density at radius 1 is 1.17 bits per heavy atom. The van der Waals surface area contributed by atoms with Gasteiger partial charge in [0, 0.05) is 26.3 Å². The molecular weight excluding hydrogens is 250 g/mol. The minimum atomic E-state index is -1.11. The quantitative estimate of drug-likeness (QED) is 0.492. The zero-order valence-electron chi connectivity index (χ0n) is 12.0. The van der Waals surface area contributed by atoms with Crippen LogP contribution in [0.3, 0.4) is 0 Å². The van der Waals surface area contributed by atoms with Gasteiger partial charge in [-0.05, 0) is 12.8 Å². The predicted molar refractivity (Wildman–Crippen MR) is 72.7 cm³/mol. The minimum absolute atomic E-state index is 0.356. The van der Waals surface area contributed by atoms with Gasteiger partial charge in [-0.25, -0.2) is 4.79 Å². The highest BCUT2D eigenvalue weighted by molar-refractivity contribution is 6.46. The fourth-order valence-corrected chi connectivity index (χ4v) is 3.47. The molecule has 107 valence electrons. The fourth-order valence-electron chi connectivity index (χ4n) is 1.86. The van der Waals surface area contributed by atoms with Crippen LogP contribution < -0.4 is 5.32 Å². The zero-order chi connectivity index (χ0) is 13.8. The van der Waals surface area contributed by atoms with Crippen LogP contribution in [-0.4, -0.2) is 43.3 Å². The van der Waals surface area contributed by atoms with Gasteiger partial charge >= 0.3 is 15.4 Å². The van der Waals surface area contributed by atoms with Gasteiger partial charge in [-0.15, -0.1) is 0 Å². The van der Waals surface area contributed by atoms with Gasteiger partial charge in [0.2, 0.25) is 0 Å². The van der Waals surface area contributed by atoms with Gasteiger partial charge in [0.25, 0.3) is 0 Å². The number of carbonyl (C=O) groups is 1. The van der Waals surface area contributed by atoms with Crippen molar-refractivity contribution in [2.24, 2.45) is 0 Å². The summed E-state index contributed by atoms with van der Waals surface area (Å²) in [5.74, 6) is 0. The van der Waals surface area contributed by atoms with Gasteiger partial charge in [0.1, 0.15) is 0 Å². The molecule has 0 saturated heterocycles. The molecule has 0 aliphatic rings. The highest BCUT2D eigenvalue weighted by atomic mass is 28.3. The summed E-state index contributed by atoms with van der Waals surface area (Å²) in [6, 6.07) is 0. The van der Waals surface area contributed by atoms with E-state index >= 15 is 0 Å². The van der Waals surface area contributed by atoms with Crippen molar-refractivity contribution >= 4 is 15.4 Å². The molecule has 0 aliphatic carbocycles. The summed E-state index contributed by atoms with van der Waals surface area (Å²) in [7, 11) is 3.71. The van der Waals surface area contributed by atoms with Crippen molar-refractivity contribution in [2.45, 2.75) is 44.6 Å². The maximum absolute atomic E-state index is 10.8. The summed E-state index contributed by atoms with van der Waals surface area (Å²) < 4.78 is 15.3. The lowest BCUT2D eigenvalue weighted by Crippen LogP contribution is -2.26. The first kappa shape index (κ1) is 17.4. The molecule has 0 spiro atoms. The van der Waals surface area contributed by atoms with Gasteiger partial charge in [-0.3, -0.25) is 0 Å². The van der Waals surface area contributed by atoms with Crippen LogP contribution in [0.15, 0.2) is 0 Å². The topological polar surface area (TPSA) is 56.8 Å². The number of hydrogen-bond acceptors (Lipinski definition) is 4. The highest BCUT2D eigenvalue weighted by Crippen LogP contribution is 2.23. The van der Waals surface area contributed by atoms with Crippen molar-refractivity contribution in [2.75, 3.05) is 27.9 Å². The molecule has 0 saturated carbocycles. The molecule has 0 fully saturated rings. The first-order chi connectivity index (χ1) is 8.69. The highest BCUT2D eigenvalue weighted by Gasteiger charge is 2.23. The first-order valence-electron chi connectivity index (χ1n) is 6.46. The van der Waals surface area contributed by atoms with Crippen molar-refractivity contribution in [3.05, 3.63) is 0 Å². The molecule has 18 heavy (non-hydrogen) atoms. The number of unbranched alkanes of at least 4 members (excludes halogenated alkanes) is 2. The number of methoxy groups -OCH3 is 1. The molecule has 6 heteroatoms. The maximum Gasteiger partial charge on any atom is 0.406 e. The van der Waals surface area contributed by atoms with Crippen LogP contribution in [0.2, 0.25) is 5.54 Å². The number of alkyl carbamates (subject to hydrolysis) is 1. The van der Waals surface area contributed by atoms with Crippen LogP contribution in [0.1, 0.15) is 39.0 Å². The Hall–Kier alpha value is -0.593. The van der Waals surface area contributed by atoms with Gasteiger partial charge in [0.05, 0.1) is 7.11 Å². The minimum Gasteiger partial charge on any atom is -0.453 e. The van der Waals surface area contributed by atoms with Crippen molar-refractivity contribution in [3.8, 4) is 0 Å². The first-order valence-corrected chi connectivity index (χ1v) is 7.85. The molecular formula is C12H26NO4Si. The zero-order valence-corrected chi connectivity index (χ0v) is 13.0. The molecule has 0 bridgehead atoms. The van der Waals surface area contributed by atoms with Gasteiger partial charge < -0.3 is 18.9 Å². The molecule has 1 atom stereocenters. The number of nitrogens with one attached hydrogen (secondary N) is 1. The number of carbonyl (C=O) groups excluding carboxylic acids is 1. The van der Waals surface area contributed by atoms with Gasteiger partial charge in [-0.2, -0.15) is 0 Å². The molecule has 1 N–H and O–H groups in total. The van der Waals surface area contributed by atoms with Crippen LogP contribution in [-0.2, 0) is 13.6 Å². The summed E-state index contributed by atoms with van der Waals surface area (Å²) in [5.41, 5.74) is 0.540. The lowest BCUT2D eigenvalue weighted by molar-refractivity contribution is 0.171. The Balaban J connectivity index is 3.59. The molecule has 0 heterocycles. The Kier molecular flexibility index (Phi) is 11.1. The van der Waals surface area contributed by atoms with E-state index < -0.39 is 9.28 Å². The lowest BCUT2D eigenvalue weighted by atomic mass is 10.1. The average molecular weight is 276 g/mol. The van der Waals surface area contributed by atoms with E-state index in [0.29, 0.717) is 12.1 Å². The predicted octanol–water partition coefficient (Wildman–Crippen LogP) is 2.46. The SMILES string of the molecule is CCC(CCCCCNC(=O)OC)[Si](OC)OC. The van der Waals surface area contributed by atoms with Gasteiger partial charge in [-0.1, -0.05) is 26.2 Å². The van der Waals surface area contributed by atoms with Crippen LogP contribution in [0.4, 0.5) is 4.79 Å². The second-order valence-electron chi connectivity index (χ2n) is 4.10. The number of amides is 1. The number of rotatable bonds is 10. The van der Waals surface area contributed by atoms with E-state index in [-0.39, 0.29) is 6.09 Å². The number of hydrogen-bond donors (Lipinski definition) is 1. The van der Waals surface area contributed by atoms with E-state index in [1.165, 1.54) is 7.11 Å². The molecule has 1 radical (unpaired) electrons. The second-order valence-corrected chi connectivity index (χ2v) is 6.37. The van der Waals surface area contributed by atoms with E-state index in [9.17, 15) is 4.79 Å². The van der Waals surface area contributed by atoms with Crippen LogP contribution in [0.25, 0.3) is 0 Å². The molecule has 0 aromatic heterocycles. The Morgan fingerprint density at radius 3 is 2.33 bits per heavy atom. The van der Waals surface area contributed by atoms with E-state index in [1.54, 1.807) is 14.2 Å². The average Bonchev–Trinajstić information content (AvgIpc) is 2.41. The Morgan fingerprint density at radius 2 is 1.83 bits per heavy atom. The molecule has 0 aromatic carbocycles. The lowest BCUT2D eigenvalue weighted by Gasteiger charge is -2.19. The van der Waals surface area contributed by atoms with Crippen molar-refractivity contribution < 1.29 is 18.4 Å². The Labute approximate surface area is 112 Å². The van der Waals surface area contributed by atoms with Crippen LogP contribution in [0, 0.1) is 0 Å². The summed E-state index contributed by atoms with van der Waals surface area (Å²) in [6.07, 6.45) is 5.09. The summed E-state index contributed by atoms with van der Waals surface area (Å²) >= 11 is 0. The van der Waals surface area contributed by atoms with E-state index in [4.69, 9.17) is 8.85 Å². The third-order valence-corrected chi connectivity index (χ3v) is 5.08. The fraction of sp³-hybridized carbons (Fsp3) is 0.917. The van der Waals surface area contributed by atoms with Crippen molar-refractivity contribution in [3.63, 3.8) is 0 Å². The molecule has 0 aromatic rings. The molecule has 1 amide bonds. The molecule has 0 aliphatic heterocycles. The van der Waals surface area contributed by atoms with E-state index in [1.807, 2.05) is 0 Å². The third-order valence-electron chi connectivity index (χ3n) is 2.91. The van der Waals surface area contributed by atoms with E-state index in [0.717, 1.165) is 32.1 Å². The third kappa shape index (κ3) is 7.68. The normalized spacial score (nSPS) is 12.5. The summed E-state index contributed by atoms with van der Waals surface area (Å²) in [6.45, 7) is 2.85. The van der Waals surface area contributed by atoms with Gasteiger partial charge in [0.15, 0.2) is 0 Å². The second kappa shape index (κ2) is 11.5. The van der Waals surface area contributed by atoms with E-state index in [2.05, 4.69) is 17.0 Å². The van der Waals surface area contributed by atoms with Crippen molar-refractivity contribution in [1.82, 2.24) is 5.32 Å². The maximum atomic E-state index is 10.8. The smallest absolute Gasteiger partial charge is 0.406 e. The monoisotopic (exact) mass is 276 g/mol.